The Morgan fingerprint density at radius 1 is 1.38 bits per heavy atom. The van der Waals surface area contributed by atoms with E-state index >= 15 is 0 Å². The first-order valence-electron chi connectivity index (χ1n) is 5.40. The van der Waals surface area contributed by atoms with Crippen molar-refractivity contribution < 1.29 is 9.59 Å². The molecule has 1 aromatic carbocycles. The highest BCUT2D eigenvalue weighted by molar-refractivity contribution is 9.10. The van der Waals surface area contributed by atoms with E-state index < -0.39 is 0 Å². The molecule has 84 valence electrons. The van der Waals surface area contributed by atoms with Crippen LogP contribution in [0.5, 0.6) is 0 Å². The normalized spacial score (nSPS) is 14.9. The monoisotopic (exact) mass is 280 g/mol. The summed E-state index contributed by atoms with van der Waals surface area (Å²) < 4.78 is 0.954. The van der Waals surface area contributed by atoms with E-state index in [9.17, 15) is 9.59 Å². The summed E-state index contributed by atoms with van der Waals surface area (Å²) in [6, 6.07) is 5.51. The van der Waals surface area contributed by atoms with Gasteiger partial charge in [-0.1, -0.05) is 22.0 Å². The first-order chi connectivity index (χ1) is 7.58. The summed E-state index contributed by atoms with van der Waals surface area (Å²) in [6.45, 7) is 1.89. The Morgan fingerprint density at radius 2 is 2.06 bits per heavy atom. The molecule has 3 heteroatoms. The maximum absolute atomic E-state index is 11.9. The molecular formula is C13H13BrO2. The lowest BCUT2D eigenvalue weighted by molar-refractivity contribution is -0.119. The van der Waals surface area contributed by atoms with Gasteiger partial charge < -0.3 is 0 Å². The summed E-state index contributed by atoms with van der Waals surface area (Å²) in [4.78, 5) is 23.4. The fourth-order valence-electron chi connectivity index (χ4n) is 1.74. The molecule has 0 spiro atoms. The number of hydrogen-bond donors (Lipinski definition) is 0. The maximum Gasteiger partial charge on any atom is 0.170 e. The van der Waals surface area contributed by atoms with Crippen LogP contribution in [-0.2, 0) is 4.79 Å². The first kappa shape index (κ1) is 11.5. The van der Waals surface area contributed by atoms with Crippen molar-refractivity contribution in [2.75, 3.05) is 0 Å². The Bertz CT molecular complexity index is 447. The number of aryl methyl sites for hydroxylation is 1. The average Bonchev–Trinajstić information content (AvgIpc) is 2.99. The number of rotatable bonds is 4. The summed E-state index contributed by atoms with van der Waals surface area (Å²) in [5.41, 5.74) is 1.58. The smallest absolute Gasteiger partial charge is 0.170 e. The zero-order valence-electron chi connectivity index (χ0n) is 9.13. The van der Waals surface area contributed by atoms with Gasteiger partial charge in [0.1, 0.15) is 5.78 Å². The van der Waals surface area contributed by atoms with Crippen LogP contribution in [0.4, 0.5) is 0 Å². The molecule has 0 atom stereocenters. The molecule has 1 saturated carbocycles. The number of benzene rings is 1. The van der Waals surface area contributed by atoms with Gasteiger partial charge in [-0.15, -0.1) is 0 Å². The largest absolute Gasteiger partial charge is 0.299 e. The minimum atomic E-state index is -0.0538. The fraction of sp³-hybridized carbons (Fsp3) is 0.385. The predicted octanol–water partition coefficient (Wildman–Crippen LogP) is 3.31. The van der Waals surface area contributed by atoms with Gasteiger partial charge in [-0.2, -0.15) is 0 Å². The van der Waals surface area contributed by atoms with Gasteiger partial charge in [0, 0.05) is 16.0 Å². The highest BCUT2D eigenvalue weighted by atomic mass is 79.9. The molecule has 2 nitrogen and oxygen atoms in total. The Morgan fingerprint density at radius 3 is 2.62 bits per heavy atom. The molecule has 0 heterocycles. The highest BCUT2D eigenvalue weighted by Crippen LogP contribution is 2.31. The topological polar surface area (TPSA) is 34.1 Å². The van der Waals surface area contributed by atoms with E-state index in [-0.39, 0.29) is 23.9 Å². The molecule has 1 aromatic rings. The molecular weight excluding hydrogens is 268 g/mol. The van der Waals surface area contributed by atoms with E-state index in [0.29, 0.717) is 5.56 Å². The Kier molecular flexibility index (Phi) is 3.24. The van der Waals surface area contributed by atoms with Crippen molar-refractivity contribution in [1.29, 1.82) is 0 Å². The third-order valence-corrected chi connectivity index (χ3v) is 3.35. The molecule has 0 N–H and O–H groups in total. The Balaban J connectivity index is 2.10. The van der Waals surface area contributed by atoms with Gasteiger partial charge in [-0.05, 0) is 37.5 Å². The van der Waals surface area contributed by atoms with Gasteiger partial charge in [-0.3, -0.25) is 9.59 Å². The van der Waals surface area contributed by atoms with Gasteiger partial charge in [-0.25, -0.2) is 0 Å². The van der Waals surface area contributed by atoms with Crippen molar-refractivity contribution in [1.82, 2.24) is 0 Å². The molecule has 16 heavy (non-hydrogen) atoms. The van der Waals surface area contributed by atoms with Crippen molar-refractivity contribution in [3.63, 3.8) is 0 Å². The molecule has 1 fully saturated rings. The number of halogens is 1. The van der Waals surface area contributed by atoms with Crippen LogP contribution in [-0.4, -0.2) is 11.6 Å². The average molecular weight is 281 g/mol. The third kappa shape index (κ3) is 2.59. The Hall–Kier alpha value is -0.960. The second-order valence-electron chi connectivity index (χ2n) is 4.30. The first-order valence-corrected chi connectivity index (χ1v) is 6.19. The number of carbonyl (C=O) groups excluding carboxylic acids is 2. The molecule has 2 rings (SSSR count). The lowest BCUT2D eigenvalue weighted by atomic mass is 10.00. The van der Waals surface area contributed by atoms with E-state index in [1.165, 1.54) is 0 Å². The lowest BCUT2D eigenvalue weighted by Gasteiger charge is -2.04. The number of Topliss-reactive ketones (excluding diaryl/α,β-unsaturated/α-hetero) is 2. The minimum absolute atomic E-state index is 0.0538. The summed E-state index contributed by atoms with van der Waals surface area (Å²) in [7, 11) is 0. The molecule has 0 bridgehead atoms. The molecule has 0 unspecified atom stereocenters. The molecule has 1 aliphatic carbocycles. The van der Waals surface area contributed by atoms with Gasteiger partial charge >= 0.3 is 0 Å². The number of ketones is 2. The molecule has 0 aromatic heterocycles. The van der Waals surface area contributed by atoms with Crippen molar-refractivity contribution in [2.45, 2.75) is 26.2 Å². The molecule has 0 saturated heterocycles. The third-order valence-electron chi connectivity index (χ3n) is 2.86. The van der Waals surface area contributed by atoms with Crippen LogP contribution in [0.1, 0.15) is 35.2 Å². The van der Waals surface area contributed by atoms with Gasteiger partial charge in [0.05, 0.1) is 6.42 Å². The molecule has 0 radical (unpaired) electrons. The lowest BCUT2D eigenvalue weighted by Crippen LogP contribution is -2.10. The van der Waals surface area contributed by atoms with E-state index in [1.807, 2.05) is 19.1 Å². The molecule has 1 aliphatic rings. The minimum Gasteiger partial charge on any atom is -0.299 e. The number of carbonyl (C=O) groups is 2. The summed E-state index contributed by atoms with van der Waals surface area (Å²) >= 11 is 3.35. The van der Waals surface area contributed by atoms with Crippen molar-refractivity contribution in [2.24, 2.45) is 5.92 Å². The van der Waals surface area contributed by atoms with Crippen molar-refractivity contribution in [3.05, 3.63) is 33.8 Å². The SMILES string of the molecule is Cc1cc(Br)ccc1C(=O)CC(=O)C1CC1. The van der Waals surface area contributed by atoms with Crippen LogP contribution in [0, 0.1) is 12.8 Å². The summed E-state index contributed by atoms with van der Waals surface area (Å²) in [6.07, 6.45) is 1.99. The standard InChI is InChI=1S/C13H13BrO2/c1-8-6-10(14)4-5-11(8)13(16)7-12(15)9-2-3-9/h4-6,9H,2-3,7H2,1H3. The van der Waals surface area contributed by atoms with Crippen molar-refractivity contribution in [3.8, 4) is 0 Å². The summed E-state index contributed by atoms with van der Waals surface area (Å²) in [5.74, 6) is 0.217. The second kappa shape index (κ2) is 4.50. The number of hydrogen-bond acceptors (Lipinski definition) is 2. The highest BCUT2D eigenvalue weighted by Gasteiger charge is 2.30. The van der Waals surface area contributed by atoms with Crippen molar-refractivity contribution >= 4 is 27.5 Å². The second-order valence-corrected chi connectivity index (χ2v) is 5.22. The van der Waals surface area contributed by atoms with E-state index in [1.54, 1.807) is 6.07 Å². The van der Waals surface area contributed by atoms with Gasteiger partial charge in [0.2, 0.25) is 0 Å². The predicted molar refractivity (Wildman–Crippen MR) is 65.6 cm³/mol. The maximum atomic E-state index is 11.9. The van der Waals surface area contributed by atoms with Gasteiger partial charge in [0.15, 0.2) is 5.78 Å². The van der Waals surface area contributed by atoms with E-state index in [0.717, 1.165) is 22.9 Å². The van der Waals surface area contributed by atoms with Crippen LogP contribution in [0.25, 0.3) is 0 Å². The zero-order valence-corrected chi connectivity index (χ0v) is 10.7. The van der Waals surface area contributed by atoms with Gasteiger partial charge in [0.25, 0.3) is 0 Å². The van der Waals surface area contributed by atoms with Crippen LogP contribution in [0.3, 0.4) is 0 Å². The fourth-order valence-corrected chi connectivity index (χ4v) is 2.22. The van der Waals surface area contributed by atoms with Crippen LogP contribution in [0.2, 0.25) is 0 Å². The van der Waals surface area contributed by atoms with Crippen LogP contribution >= 0.6 is 15.9 Å². The Labute approximate surface area is 103 Å². The van der Waals surface area contributed by atoms with E-state index in [2.05, 4.69) is 15.9 Å². The van der Waals surface area contributed by atoms with Crippen LogP contribution < -0.4 is 0 Å². The zero-order chi connectivity index (χ0) is 11.7. The quantitative estimate of drug-likeness (QED) is 0.626. The van der Waals surface area contributed by atoms with E-state index in [4.69, 9.17) is 0 Å². The molecule has 0 amide bonds. The molecule has 0 aliphatic heterocycles. The summed E-state index contributed by atoms with van der Waals surface area (Å²) in [5, 5.41) is 0. The van der Waals surface area contributed by atoms with Crippen LogP contribution in [0.15, 0.2) is 22.7 Å².